The first-order valence-electron chi connectivity index (χ1n) is 7.81. The summed E-state index contributed by atoms with van der Waals surface area (Å²) in [5.41, 5.74) is 8.35. The van der Waals surface area contributed by atoms with Gasteiger partial charge in [0.1, 0.15) is 6.10 Å². The van der Waals surface area contributed by atoms with Crippen LogP contribution in [-0.2, 0) is 9.53 Å². The predicted molar refractivity (Wildman–Crippen MR) is 81.8 cm³/mol. The molecule has 0 radical (unpaired) electrons. The largest absolute Gasteiger partial charge is 0.370 e. The first kappa shape index (κ1) is 14.5. The molecule has 2 fully saturated rings. The smallest absolute Gasteiger partial charge is 0.224 e. The zero-order valence-corrected chi connectivity index (χ0v) is 12.7. The average molecular weight is 288 g/mol. The van der Waals surface area contributed by atoms with Gasteiger partial charge in [-0.15, -0.1) is 0 Å². The van der Waals surface area contributed by atoms with E-state index in [1.807, 2.05) is 17.0 Å². The van der Waals surface area contributed by atoms with E-state index in [4.69, 9.17) is 10.5 Å². The van der Waals surface area contributed by atoms with E-state index >= 15 is 0 Å². The van der Waals surface area contributed by atoms with Crippen LogP contribution in [0, 0.1) is 6.92 Å². The van der Waals surface area contributed by atoms with Crippen LogP contribution < -0.4 is 5.73 Å². The number of rotatable bonds is 3. The van der Waals surface area contributed by atoms with Gasteiger partial charge in [0.15, 0.2) is 0 Å². The van der Waals surface area contributed by atoms with Crippen molar-refractivity contribution in [3.8, 4) is 0 Å². The molecule has 4 nitrogen and oxygen atoms in total. The fourth-order valence-corrected chi connectivity index (χ4v) is 3.23. The van der Waals surface area contributed by atoms with Gasteiger partial charge in [-0.3, -0.25) is 4.79 Å². The Hall–Kier alpha value is -1.39. The van der Waals surface area contributed by atoms with Crippen molar-refractivity contribution in [3.63, 3.8) is 0 Å². The van der Waals surface area contributed by atoms with Gasteiger partial charge < -0.3 is 15.4 Å². The third-order valence-corrected chi connectivity index (χ3v) is 4.81. The number of benzene rings is 1. The van der Waals surface area contributed by atoms with Crippen LogP contribution in [0.4, 0.5) is 0 Å². The zero-order chi connectivity index (χ0) is 14.9. The lowest BCUT2D eigenvalue weighted by Gasteiger charge is -2.40. The SMILES string of the molecule is Cc1ccccc1[C@@H]1CN(C(=O)CC2(N)CCC2)CCO1. The molecule has 0 unspecified atom stereocenters. The summed E-state index contributed by atoms with van der Waals surface area (Å²) in [5.74, 6) is 0.180. The van der Waals surface area contributed by atoms with Crippen molar-refractivity contribution in [2.24, 2.45) is 5.73 Å². The highest BCUT2D eigenvalue weighted by atomic mass is 16.5. The lowest BCUT2D eigenvalue weighted by atomic mass is 9.75. The molecule has 2 N–H and O–H groups in total. The van der Waals surface area contributed by atoms with Crippen molar-refractivity contribution >= 4 is 5.91 Å². The monoisotopic (exact) mass is 288 g/mol. The van der Waals surface area contributed by atoms with Crippen LogP contribution >= 0.6 is 0 Å². The summed E-state index contributed by atoms with van der Waals surface area (Å²) in [6, 6.07) is 8.22. The quantitative estimate of drug-likeness (QED) is 0.927. The van der Waals surface area contributed by atoms with Gasteiger partial charge in [0.2, 0.25) is 5.91 Å². The van der Waals surface area contributed by atoms with E-state index in [-0.39, 0.29) is 17.6 Å². The molecule has 1 saturated heterocycles. The number of hydrogen-bond donors (Lipinski definition) is 1. The van der Waals surface area contributed by atoms with Crippen molar-refractivity contribution < 1.29 is 9.53 Å². The summed E-state index contributed by atoms with van der Waals surface area (Å²) < 4.78 is 5.87. The number of ether oxygens (including phenoxy) is 1. The molecule has 1 aliphatic carbocycles. The molecular weight excluding hydrogens is 264 g/mol. The van der Waals surface area contributed by atoms with Gasteiger partial charge in [-0.2, -0.15) is 0 Å². The number of nitrogens with zero attached hydrogens (tertiary/aromatic N) is 1. The molecule has 1 heterocycles. The van der Waals surface area contributed by atoms with E-state index in [0.29, 0.717) is 26.1 Å². The average Bonchev–Trinajstić information content (AvgIpc) is 2.46. The van der Waals surface area contributed by atoms with E-state index < -0.39 is 0 Å². The number of aryl methyl sites for hydroxylation is 1. The summed E-state index contributed by atoms with van der Waals surface area (Å²) in [7, 11) is 0. The molecule has 0 spiro atoms. The van der Waals surface area contributed by atoms with Crippen LogP contribution in [0.15, 0.2) is 24.3 Å². The molecule has 1 aliphatic heterocycles. The van der Waals surface area contributed by atoms with Crippen molar-refractivity contribution in [3.05, 3.63) is 35.4 Å². The van der Waals surface area contributed by atoms with Crippen molar-refractivity contribution in [1.82, 2.24) is 4.90 Å². The van der Waals surface area contributed by atoms with Crippen molar-refractivity contribution in [2.45, 2.75) is 44.2 Å². The molecule has 1 aromatic rings. The Balaban J connectivity index is 1.65. The van der Waals surface area contributed by atoms with E-state index in [1.54, 1.807) is 0 Å². The number of carbonyl (C=O) groups is 1. The normalized spacial score (nSPS) is 24.5. The molecule has 0 bridgehead atoms. The molecule has 4 heteroatoms. The Bertz CT molecular complexity index is 525. The fraction of sp³-hybridized carbons (Fsp3) is 0.588. The molecule has 3 rings (SSSR count). The lowest BCUT2D eigenvalue weighted by molar-refractivity contribution is -0.141. The molecule has 2 aliphatic rings. The molecule has 1 amide bonds. The van der Waals surface area contributed by atoms with Crippen LogP contribution in [0.5, 0.6) is 0 Å². The molecule has 114 valence electrons. The van der Waals surface area contributed by atoms with E-state index in [0.717, 1.165) is 19.3 Å². The number of nitrogens with two attached hydrogens (primary N) is 1. The maximum atomic E-state index is 12.5. The Kier molecular flexibility index (Phi) is 4.00. The summed E-state index contributed by atoms with van der Waals surface area (Å²) in [6.07, 6.45) is 3.57. The number of morpholine rings is 1. The van der Waals surface area contributed by atoms with Crippen LogP contribution in [0.2, 0.25) is 0 Å². The molecule has 21 heavy (non-hydrogen) atoms. The minimum atomic E-state index is -0.243. The topological polar surface area (TPSA) is 55.6 Å². The van der Waals surface area contributed by atoms with Gasteiger partial charge in [0, 0.05) is 18.5 Å². The second-order valence-corrected chi connectivity index (χ2v) is 6.45. The van der Waals surface area contributed by atoms with Crippen LogP contribution in [-0.4, -0.2) is 36.0 Å². The van der Waals surface area contributed by atoms with Crippen molar-refractivity contribution in [2.75, 3.05) is 19.7 Å². The lowest BCUT2D eigenvalue weighted by Crippen LogP contribution is -2.52. The Labute approximate surface area is 126 Å². The highest BCUT2D eigenvalue weighted by Gasteiger charge is 2.37. The maximum absolute atomic E-state index is 12.5. The summed E-state index contributed by atoms with van der Waals surface area (Å²) >= 11 is 0. The molecule has 1 aromatic carbocycles. The molecular formula is C17H24N2O2. The zero-order valence-electron chi connectivity index (χ0n) is 12.7. The van der Waals surface area contributed by atoms with Crippen LogP contribution in [0.25, 0.3) is 0 Å². The van der Waals surface area contributed by atoms with Crippen LogP contribution in [0.1, 0.15) is 42.9 Å². The van der Waals surface area contributed by atoms with Gasteiger partial charge in [-0.25, -0.2) is 0 Å². The molecule has 1 atom stereocenters. The summed E-state index contributed by atoms with van der Waals surface area (Å²) in [6.45, 7) is 4.00. The fourth-order valence-electron chi connectivity index (χ4n) is 3.23. The highest BCUT2D eigenvalue weighted by Crippen LogP contribution is 2.33. The predicted octanol–water partition coefficient (Wildman–Crippen LogP) is 2.17. The Morgan fingerprint density at radius 3 is 2.86 bits per heavy atom. The van der Waals surface area contributed by atoms with Gasteiger partial charge in [0.05, 0.1) is 13.2 Å². The summed E-state index contributed by atoms with van der Waals surface area (Å²) in [4.78, 5) is 14.4. The number of carbonyl (C=O) groups excluding carboxylic acids is 1. The minimum Gasteiger partial charge on any atom is -0.370 e. The van der Waals surface area contributed by atoms with Gasteiger partial charge in [0.25, 0.3) is 0 Å². The third kappa shape index (κ3) is 3.11. The standard InChI is InChI=1S/C17H24N2O2/c1-13-5-2-3-6-14(13)15-12-19(9-10-21-15)16(20)11-17(18)7-4-8-17/h2-3,5-6,15H,4,7-12,18H2,1H3/t15-/m0/s1. The van der Waals surface area contributed by atoms with Gasteiger partial charge in [-0.1, -0.05) is 24.3 Å². The Morgan fingerprint density at radius 2 is 2.19 bits per heavy atom. The first-order chi connectivity index (χ1) is 10.1. The van der Waals surface area contributed by atoms with E-state index in [1.165, 1.54) is 11.1 Å². The molecule has 0 aromatic heterocycles. The maximum Gasteiger partial charge on any atom is 0.224 e. The molecule has 1 saturated carbocycles. The minimum absolute atomic E-state index is 0.0148. The van der Waals surface area contributed by atoms with Gasteiger partial charge >= 0.3 is 0 Å². The van der Waals surface area contributed by atoms with E-state index in [2.05, 4.69) is 19.1 Å². The second-order valence-electron chi connectivity index (χ2n) is 6.45. The highest BCUT2D eigenvalue weighted by molar-refractivity contribution is 5.77. The van der Waals surface area contributed by atoms with Crippen LogP contribution in [0.3, 0.4) is 0 Å². The number of amides is 1. The third-order valence-electron chi connectivity index (χ3n) is 4.81. The Morgan fingerprint density at radius 1 is 1.43 bits per heavy atom. The second kappa shape index (κ2) is 5.78. The van der Waals surface area contributed by atoms with Crippen molar-refractivity contribution in [1.29, 1.82) is 0 Å². The summed E-state index contributed by atoms with van der Waals surface area (Å²) in [5, 5.41) is 0. The number of hydrogen-bond acceptors (Lipinski definition) is 3. The first-order valence-corrected chi connectivity index (χ1v) is 7.81. The van der Waals surface area contributed by atoms with Gasteiger partial charge in [-0.05, 0) is 37.3 Å². The van der Waals surface area contributed by atoms with E-state index in [9.17, 15) is 4.79 Å².